The average molecular weight is 262 g/mol. The van der Waals surface area contributed by atoms with Gasteiger partial charge in [-0.15, -0.1) is 0 Å². The zero-order valence-electron chi connectivity index (χ0n) is 11.8. The Labute approximate surface area is 114 Å². The van der Waals surface area contributed by atoms with Gasteiger partial charge in [0.1, 0.15) is 5.75 Å². The first-order valence-corrected chi connectivity index (χ1v) is 6.84. The van der Waals surface area contributed by atoms with Crippen molar-refractivity contribution in [3.05, 3.63) is 29.8 Å². The molecule has 0 saturated carbocycles. The molecule has 1 aromatic carbocycles. The lowest BCUT2D eigenvalue weighted by atomic mass is 10.00. The second kappa shape index (κ2) is 5.61. The Bertz CT molecular complexity index is 442. The fraction of sp³-hybridized carbons (Fsp3) is 0.533. The highest BCUT2D eigenvalue weighted by molar-refractivity contribution is 5.80. The number of nitrogens with zero attached hydrogens (tertiary/aromatic N) is 1. The molecule has 1 saturated heterocycles. The maximum atomic E-state index is 12.0. The molecule has 2 rings (SSSR count). The van der Waals surface area contributed by atoms with Gasteiger partial charge in [0, 0.05) is 18.5 Å². The topological polar surface area (TPSA) is 55.6 Å². The Morgan fingerprint density at radius 2 is 2.00 bits per heavy atom. The summed E-state index contributed by atoms with van der Waals surface area (Å²) >= 11 is 0. The molecule has 1 fully saturated rings. The number of amides is 1. The van der Waals surface area contributed by atoms with Crippen molar-refractivity contribution in [3.8, 4) is 5.75 Å². The van der Waals surface area contributed by atoms with Crippen molar-refractivity contribution in [1.29, 1.82) is 0 Å². The summed E-state index contributed by atoms with van der Waals surface area (Å²) in [5.41, 5.74) is 7.21. The van der Waals surface area contributed by atoms with E-state index in [1.807, 2.05) is 49.9 Å². The lowest BCUT2D eigenvalue weighted by molar-refractivity contribution is -0.130. The molecule has 1 heterocycles. The molecule has 4 heteroatoms. The fourth-order valence-corrected chi connectivity index (χ4v) is 2.72. The SMILES string of the molecule is CCOc1ccc(C2C(N)CC(=O)N2C(C)C)cc1. The van der Waals surface area contributed by atoms with Crippen LogP contribution in [0.15, 0.2) is 24.3 Å². The zero-order chi connectivity index (χ0) is 14.0. The summed E-state index contributed by atoms with van der Waals surface area (Å²) in [5, 5.41) is 0. The van der Waals surface area contributed by atoms with Gasteiger partial charge in [-0.1, -0.05) is 12.1 Å². The van der Waals surface area contributed by atoms with E-state index >= 15 is 0 Å². The molecule has 2 unspecified atom stereocenters. The molecule has 1 aliphatic rings. The van der Waals surface area contributed by atoms with Gasteiger partial charge in [0.2, 0.25) is 5.91 Å². The highest BCUT2D eigenvalue weighted by Gasteiger charge is 2.39. The summed E-state index contributed by atoms with van der Waals surface area (Å²) in [7, 11) is 0. The summed E-state index contributed by atoms with van der Waals surface area (Å²) in [6.45, 7) is 6.66. The van der Waals surface area contributed by atoms with Crippen LogP contribution in [0.4, 0.5) is 0 Å². The highest BCUT2D eigenvalue weighted by atomic mass is 16.5. The maximum absolute atomic E-state index is 12.0. The van der Waals surface area contributed by atoms with Crippen LogP contribution in [0.2, 0.25) is 0 Å². The van der Waals surface area contributed by atoms with E-state index in [0.717, 1.165) is 11.3 Å². The number of carbonyl (C=O) groups excluding carboxylic acids is 1. The van der Waals surface area contributed by atoms with E-state index in [9.17, 15) is 4.79 Å². The molecule has 19 heavy (non-hydrogen) atoms. The van der Waals surface area contributed by atoms with Crippen LogP contribution in [-0.4, -0.2) is 29.5 Å². The van der Waals surface area contributed by atoms with Crippen molar-refractivity contribution < 1.29 is 9.53 Å². The minimum atomic E-state index is -0.132. The predicted octanol–water partition coefficient (Wildman–Crippen LogP) is 2.09. The van der Waals surface area contributed by atoms with E-state index in [1.54, 1.807) is 0 Å². The molecular formula is C15H22N2O2. The fourth-order valence-electron chi connectivity index (χ4n) is 2.72. The Morgan fingerprint density at radius 3 is 2.53 bits per heavy atom. The molecule has 2 atom stereocenters. The molecule has 0 aromatic heterocycles. The third-order valence-electron chi connectivity index (χ3n) is 3.49. The molecule has 104 valence electrons. The molecule has 0 spiro atoms. The van der Waals surface area contributed by atoms with Crippen molar-refractivity contribution in [2.75, 3.05) is 6.61 Å². The summed E-state index contributed by atoms with van der Waals surface area (Å²) in [5.74, 6) is 0.988. The van der Waals surface area contributed by atoms with Gasteiger partial charge < -0.3 is 15.4 Å². The van der Waals surface area contributed by atoms with E-state index in [2.05, 4.69) is 0 Å². The molecule has 0 bridgehead atoms. The number of carbonyl (C=O) groups is 1. The van der Waals surface area contributed by atoms with Crippen molar-refractivity contribution in [2.24, 2.45) is 5.73 Å². The van der Waals surface area contributed by atoms with Crippen LogP contribution < -0.4 is 10.5 Å². The highest BCUT2D eigenvalue weighted by Crippen LogP contribution is 2.34. The third-order valence-corrected chi connectivity index (χ3v) is 3.49. The normalized spacial score (nSPS) is 23.2. The van der Waals surface area contributed by atoms with Crippen molar-refractivity contribution in [3.63, 3.8) is 0 Å². The Morgan fingerprint density at radius 1 is 1.37 bits per heavy atom. The van der Waals surface area contributed by atoms with Crippen LogP contribution >= 0.6 is 0 Å². The van der Waals surface area contributed by atoms with E-state index in [1.165, 1.54) is 0 Å². The van der Waals surface area contributed by atoms with Gasteiger partial charge in [0.05, 0.1) is 12.6 Å². The van der Waals surface area contributed by atoms with Crippen LogP contribution in [0.5, 0.6) is 5.75 Å². The van der Waals surface area contributed by atoms with Gasteiger partial charge in [-0.2, -0.15) is 0 Å². The first-order chi connectivity index (χ1) is 9.04. The van der Waals surface area contributed by atoms with E-state index in [4.69, 9.17) is 10.5 Å². The van der Waals surface area contributed by atoms with Crippen LogP contribution in [0.25, 0.3) is 0 Å². The lowest BCUT2D eigenvalue weighted by Crippen LogP contribution is -2.37. The summed E-state index contributed by atoms with van der Waals surface area (Å²) < 4.78 is 5.43. The Hall–Kier alpha value is -1.55. The van der Waals surface area contributed by atoms with E-state index in [-0.39, 0.29) is 24.0 Å². The van der Waals surface area contributed by atoms with Crippen LogP contribution in [-0.2, 0) is 4.79 Å². The molecule has 1 aromatic rings. The van der Waals surface area contributed by atoms with E-state index < -0.39 is 0 Å². The zero-order valence-corrected chi connectivity index (χ0v) is 11.8. The number of nitrogens with two attached hydrogens (primary N) is 1. The molecule has 4 nitrogen and oxygen atoms in total. The van der Waals surface area contributed by atoms with Crippen molar-refractivity contribution >= 4 is 5.91 Å². The van der Waals surface area contributed by atoms with Crippen molar-refractivity contribution in [1.82, 2.24) is 4.90 Å². The standard InChI is InChI=1S/C15H22N2O2/c1-4-19-12-7-5-11(6-8-12)15-13(16)9-14(18)17(15)10(2)3/h5-8,10,13,15H,4,9,16H2,1-3H3. The lowest BCUT2D eigenvalue weighted by Gasteiger charge is -2.30. The Kier molecular flexibility index (Phi) is 4.10. The second-order valence-corrected chi connectivity index (χ2v) is 5.21. The summed E-state index contributed by atoms with van der Waals surface area (Å²) in [4.78, 5) is 13.9. The van der Waals surface area contributed by atoms with Gasteiger partial charge in [-0.3, -0.25) is 4.79 Å². The Balaban J connectivity index is 2.25. The molecule has 2 N–H and O–H groups in total. The van der Waals surface area contributed by atoms with Gasteiger partial charge in [-0.25, -0.2) is 0 Å². The first kappa shape index (κ1) is 13.9. The molecular weight excluding hydrogens is 240 g/mol. The van der Waals surface area contributed by atoms with Crippen LogP contribution in [0.1, 0.15) is 38.8 Å². The number of hydrogen-bond acceptors (Lipinski definition) is 3. The number of ether oxygens (including phenoxy) is 1. The van der Waals surface area contributed by atoms with Gasteiger partial charge in [0.25, 0.3) is 0 Å². The van der Waals surface area contributed by atoms with Crippen molar-refractivity contribution in [2.45, 2.75) is 45.3 Å². The first-order valence-electron chi connectivity index (χ1n) is 6.84. The molecule has 1 aliphatic heterocycles. The third kappa shape index (κ3) is 2.73. The van der Waals surface area contributed by atoms with E-state index in [0.29, 0.717) is 13.0 Å². The molecule has 0 radical (unpaired) electrons. The minimum absolute atomic E-state index is 0.0248. The van der Waals surface area contributed by atoms with Gasteiger partial charge in [0.15, 0.2) is 0 Å². The maximum Gasteiger partial charge on any atom is 0.225 e. The largest absolute Gasteiger partial charge is 0.494 e. The van der Waals surface area contributed by atoms with Gasteiger partial charge in [-0.05, 0) is 38.5 Å². The number of rotatable bonds is 4. The smallest absolute Gasteiger partial charge is 0.225 e. The predicted molar refractivity (Wildman–Crippen MR) is 74.9 cm³/mol. The number of likely N-dealkylation sites (tertiary alicyclic amines) is 1. The monoisotopic (exact) mass is 262 g/mol. The summed E-state index contributed by atoms with van der Waals surface area (Å²) in [6.07, 6.45) is 0.427. The molecule has 0 aliphatic carbocycles. The summed E-state index contributed by atoms with van der Waals surface area (Å²) in [6, 6.07) is 7.89. The minimum Gasteiger partial charge on any atom is -0.494 e. The average Bonchev–Trinajstić information content (AvgIpc) is 2.66. The van der Waals surface area contributed by atoms with Crippen LogP contribution in [0, 0.1) is 0 Å². The molecule has 1 amide bonds. The second-order valence-electron chi connectivity index (χ2n) is 5.21. The number of hydrogen-bond donors (Lipinski definition) is 1. The number of benzene rings is 1. The quantitative estimate of drug-likeness (QED) is 0.904. The van der Waals surface area contributed by atoms with Gasteiger partial charge >= 0.3 is 0 Å². The van der Waals surface area contributed by atoms with Crippen LogP contribution in [0.3, 0.4) is 0 Å².